The Bertz CT molecular complexity index is 959. The van der Waals surface area contributed by atoms with E-state index in [1.54, 1.807) is 6.92 Å². The standard InChI is InChI=1S/C23H26O10/c1-6-23(10-31-20(28)13(2)3,11-32-21(29)14(4)5)12-33-22(30)16-9-7-8-15(18(24)25)17(16)19(26)27/h7-9H,2,4,6,10-12H2,1,3,5H3,(H,24,25)(H,26,27). The molecule has 0 aliphatic carbocycles. The lowest BCUT2D eigenvalue weighted by Gasteiger charge is -2.31. The molecule has 0 radical (unpaired) electrons. The van der Waals surface area contributed by atoms with Crippen LogP contribution in [0.25, 0.3) is 0 Å². The Kier molecular flexibility index (Phi) is 9.53. The Morgan fingerprint density at radius 2 is 1.27 bits per heavy atom. The fourth-order valence-corrected chi connectivity index (χ4v) is 2.54. The van der Waals surface area contributed by atoms with Gasteiger partial charge >= 0.3 is 29.8 Å². The van der Waals surface area contributed by atoms with E-state index in [2.05, 4.69) is 13.2 Å². The largest absolute Gasteiger partial charge is 0.478 e. The van der Waals surface area contributed by atoms with Crippen molar-refractivity contribution in [3.63, 3.8) is 0 Å². The molecule has 0 aliphatic rings. The van der Waals surface area contributed by atoms with Crippen molar-refractivity contribution in [3.8, 4) is 0 Å². The molecule has 0 heterocycles. The van der Waals surface area contributed by atoms with Crippen molar-refractivity contribution < 1.29 is 48.4 Å². The third-order valence-electron chi connectivity index (χ3n) is 4.70. The number of rotatable bonds is 12. The molecule has 33 heavy (non-hydrogen) atoms. The van der Waals surface area contributed by atoms with E-state index in [4.69, 9.17) is 14.2 Å². The highest BCUT2D eigenvalue weighted by atomic mass is 16.6. The van der Waals surface area contributed by atoms with Crippen molar-refractivity contribution in [2.45, 2.75) is 27.2 Å². The molecule has 0 amide bonds. The van der Waals surface area contributed by atoms with Gasteiger partial charge in [-0.3, -0.25) is 0 Å². The number of carbonyl (C=O) groups is 5. The highest BCUT2D eigenvalue weighted by Crippen LogP contribution is 2.26. The van der Waals surface area contributed by atoms with Gasteiger partial charge in [0.05, 0.1) is 22.1 Å². The van der Waals surface area contributed by atoms with E-state index in [1.165, 1.54) is 19.9 Å². The molecule has 10 nitrogen and oxygen atoms in total. The van der Waals surface area contributed by atoms with Crippen molar-refractivity contribution >= 4 is 29.8 Å². The SMILES string of the molecule is C=C(C)C(=O)OCC(CC)(COC(=O)C(=C)C)COC(=O)c1cccc(C(=O)O)c1C(=O)O. The molecule has 1 aromatic carbocycles. The number of carboxylic acids is 2. The molecule has 0 aromatic heterocycles. The van der Waals surface area contributed by atoms with Crippen molar-refractivity contribution in [2.24, 2.45) is 5.41 Å². The second-order valence-corrected chi connectivity index (χ2v) is 7.48. The van der Waals surface area contributed by atoms with Crippen LogP contribution in [-0.2, 0) is 23.8 Å². The molecule has 0 saturated heterocycles. The molecule has 2 N–H and O–H groups in total. The van der Waals surface area contributed by atoms with Gasteiger partial charge in [0.15, 0.2) is 0 Å². The monoisotopic (exact) mass is 462 g/mol. The van der Waals surface area contributed by atoms with E-state index < -0.39 is 58.6 Å². The van der Waals surface area contributed by atoms with Gasteiger partial charge in [0.25, 0.3) is 0 Å². The Morgan fingerprint density at radius 3 is 1.67 bits per heavy atom. The van der Waals surface area contributed by atoms with Crippen LogP contribution >= 0.6 is 0 Å². The van der Waals surface area contributed by atoms with Crippen molar-refractivity contribution in [1.29, 1.82) is 0 Å². The third kappa shape index (κ3) is 7.30. The van der Waals surface area contributed by atoms with Gasteiger partial charge in [-0.05, 0) is 32.4 Å². The molecule has 0 fully saturated rings. The first-order valence-electron chi connectivity index (χ1n) is 9.77. The molecule has 178 valence electrons. The van der Waals surface area contributed by atoms with Crippen LogP contribution in [0.15, 0.2) is 42.5 Å². The predicted octanol–water partition coefficient (Wildman–Crippen LogP) is 2.87. The topological polar surface area (TPSA) is 154 Å². The van der Waals surface area contributed by atoms with E-state index >= 15 is 0 Å². The quantitative estimate of drug-likeness (QED) is 0.269. The highest BCUT2D eigenvalue weighted by molar-refractivity contribution is 6.09. The van der Waals surface area contributed by atoms with Gasteiger partial charge in [0.1, 0.15) is 19.8 Å². The zero-order valence-corrected chi connectivity index (χ0v) is 18.6. The van der Waals surface area contributed by atoms with E-state index in [-0.39, 0.29) is 30.8 Å². The van der Waals surface area contributed by atoms with Crippen LogP contribution < -0.4 is 0 Å². The average molecular weight is 462 g/mol. The van der Waals surface area contributed by atoms with Crippen LogP contribution in [-0.4, -0.2) is 59.9 Å². The second-order valence-electron chi connectivity index (χ2n) is 7.48. The highest BCUT2D eigenvalue weighted by Gasteiger charge is 2.35. The fourth-order valence-electron chi connectivity index (χ4n) is 2.54. The molecule has 1 rings (SSSR count). The van der Waals surface area contributed by atoms with E-state index in [1.807, 2.05) is 0 Å². The lowest BCUT2D eigenvalue weighted by molar-refractivity contribution is -0.151. The maximum Gasteiger partial charge on any atom is 0.339 e. The van der Waals surface area contributed by atoms with Gasteiger partial charge in [0.2, 0.25) is 0 Å². The summed E-state index contributed by atoms with van der Waals surface area (Å²) in [7, 11) is 0. The molecule has 0 spiro atoms. The van der Waals surface area contributed by atoms with E-state index in [9.17, 15) is 34.2 Å². The first kappa shape index (κ1) is 27.1. The molecule has 1 aromatic rings. The van der Waals surface area contributed by atoms with Crippen LogP contribution in [0.1, 0.15) is 58.3 Å². The van der Waals surface area contributed by atoms with Gasteiger partial charge < -0.3 is 24.4 Å². The lowest BCUT2D eigenvalue weighted by Crippen LogP contribution is -2.39. The summed E-state index contributed by atoms with van der Waals surface area (Å²) < 4.78 is 15.6. The smallest absolute Gasteiger partial charge is 0.339 e. The molecule has 10 heteroatoms. The predicted molar refractivity (Wildman–Crippen MR) is 115 cm³/mol. The summed E-state index contributed by atoms with van der Waals surface area (Å²) in [6.45, 7) is 10.5. The first-order valence-corrected chi connectivity index (χ1v) is 9.77. The summed E-state index contributed by atoms with van der Waals surface area (Å²) in [4.78, 5) is 59.3. The summed E-state index contributed by atoms with van der Waals surface area (Å²) in [5, 5.41) is 18.6. The number of carbonyl (C=O) groups excluding carboxylic acids is 3. The summed E-state index contributed by atoms with van der Waals surface area (Å²) >= 11 is 0. The lowest BCUT2D eigenvalue weighted by atomic mass is 9.87. The minimum atomic E-state index is -1.62. The fraction of sp³-hybridized carbons (Fsp3) is 0.348. The normalized spacial score (nSPS) is 10.6. The maximum atomic E-state index is 12.7. The third-order valence-corrected chi connectivity index (χ3v) is 4.70. The summed E-state index contributed by atoms with van der Waals surface area (Å²) in [5.41, 5.74) is -2.67. The van der Waals surface area contributed by atoms with E-state index in [0.717, 1.165) is 12.1 Å². The number of aromatic carboxylic acids is 2. The zero-order chi connectivity index (χ0) is 25.3. The Morgan fingerprint density at radius 1 is 0.818 bits per heavy atom. The number of hydrogen-bond donors (Lipinski definition) is 2. The van der Waals surface area contributed by atoms with Gasteiger partial charge in [-0.25, -0.2) is 24.0 Å². The first-order chi connectivity index (χ1) is 15.3. The number of benzene rings is 1. The number of hydrogen-bond acceptors (Lipinski definition) is 8. The molecule has 0 unspecified atom stereocenters. The number of esters is 3. The van der Waals surface area contributed by atoms with Crippen molar-refractivity contribution in [2.75, 3.05) is 19.8 Å². The van der Waals surface area contributed by atoms with Crippen LogP contribution in [0.3, 0.4) is 0 Å². The maximum absolute atomic E-state index is 12.7. The van der Waals surface area contributed by atoms with Crippen LogP contribution in [0.5, 0.6) is 0 Å². The zero-order valence-electron chi connectivity index (χ0n) is 18.6. The molecule has 0 aliphatic heterocycles. The Labute approximate surface area is 190 Å². The summed E-state index contributed by atoms with van der Waals surface area (Å²) in [6, 6.07) is 3.38. The molecule has 0 saturated carbocycles. The van der Waals surface area contributed by atoms with Crippen LogP contribution in [0, 0.1) is 5.41 Å². The van der Waals surface area contributed by atoms with Crippen LogP contribution in [0.4, 0.5) is 0 Å². The minimum Gasteiger partial charge on any atom is -0.478 e. The average Bonchev–Trinajstić information content (AvgIpc) is 2.77. The summed E-state index contributed by atoms with van der Waals surface area (Å²) in [6.07, 6.45) is 0.230. The second kappa shape index (κ2) is 11.6. The van der Waals surface area contributed by atoms with Gasteiger partial charge in [-0.2, -0.15) is 0 Å². The Hall–Kier alpha value is -3.95. The molecular weight excluding hydrogens is 436 g/mol. The van der Waals surface area contributed by atoms with Gasteiger partial charge in [0, 0.05) is 11.1 Å². The van der Waals surface area contributed by atoms with E-state index in [0.29, 0.717) is 0 Å². The molecule has 0 atom stereocenters. The van der Waals surface area contributed by atoms with Crippen molar-refractivity contribution in [1.82, 2.24) is 0 Å². The minimum absolute atomic E-state index is 0.132. The number of ether oxygens (including phenoxy) is 3. The van der Waals surface area contributed by atoms with Gasteiger partial charge in [-0.15, -0.1) is 0 Å². The summed E-state index contributed by atoms with van der Waals surface area (Å²) in [5.74, 6) is -5.65. The van der Waals surface area contributed by atoms with Crippen LogP contribution in [0.2, 0.25) is 0 Å². The Balaban J connectivity index is 3.19. The van der Waals surface area contributed by atoms with Crippen molar-refractivity contribution in [3.05, 3.63) is 59.2 Å². The number of carboxylic acid groups (broad SMARTS) is 2. The molecule has 0 bridgehead atoms. The molecular formula is C23H26O10. The van der Waals surface area contributed by atoms with Gasteiger partial charge in [-0.1, -0.05) is 26.1 Å².